The maximum absolute atomic E-state index is 5.68. The smallest absolute Gasteiger partial charge is 0.125 e. The minimum Gasteiger partial charge on any atom is -0.176 e. The molecule has 0 nitrogen and oxygen atoms in total. The largest absolute Gasteiger partial charge is 0.176 e. The molecule has 0 N–H and O–H groups in total. The third kappa shape index (κ3) is 5.23. The topological polar surface area (TPSA) is 0 Å². The summed E-state index contributed by atoms with van der Waals surface area (Å²) in [5.74, 6) is 0.548. The molecule has 0 spiro atoms. The predicted molar refractivity (Wildman–Crippen MR) is 44.2 cm³/mol. The lowest BCUT2D eigenvalue weighted by atomic mass is 10.4. The zero-order chi connectivity index (χ0) is 6.41. The summed E-state index contributed by atoms with van der Waals surface area (Å²) in [6, 6.07) is 1.10. The van der Waals surface area contributed by atoms with Gasteiger partial charge in [-0.25, -0.2) is 0 Å². The Labute approximate surface area is 67.0 Å². The van der Waals surface area contributed by atoms with E-state index in [0.717, 1.165) is 12.5 Å². The molecule has 0 saturated carbocycles. The van der Waals surface area contributed by atoms with Gasteiger partial charge >= 0.3 is 0 Å². The summed E-state index contributed by atoms with van der Waals surface area (Å²) in [6.45, 7) is 0. The maximum atomic E-state index is 5.68. The number of alkyl halides is 2. The van der Waals surface area contributed by atoms with Gasteiger partial charge in [0, 0.05) is 11.3 Å². The van der Waals surface area contributed by atoms with Crippen LogP contribution in [-0.2, 0) is 0 Å². The first-order chi connectivity index (χ1) is 3.81. The van der Waals surface area contributed by atoms with Crippen LogP contribution in [0.15, 0.2) is 0 Å². The summed E-state index contributed by atoms with van der Waals surface area (Å²) in [7, 11) is -0.309. The van der Waals surface area contributed by atoms with Gasteiger partial charge in [0.15, 0.2) is 0 Å². The molecule has 0 heterocycles. The molecule has 1 atom stereocenters. The zero-order valence-electron chi connectivity index (χ0n) is 4.54. The number of hydrogen-bond donors (Lipinski definition) is 0. The summed E-state index contributed by atoms with van der Waals surface area (Å²) >= 11 is 16.6. The van der Waals surface area contributed by atoms with Gasteiger partial charge in [0.1, 0.15) is 8.83 Å². The lowest BCUT2D eigenvalue weighted by molar-refractivity contribution is 0.898. The van der Waals surface area contributed by atoms with Gasteiger partial charge < -0.3 is 0 Å². The molecular formula is C4H9Cl3Si. The summed E-state index contributed by atoms with van der Waals surface area (Å²) in [5, 5.41) is 0.142. The van der Waals surface area contributed by atoms with Crippen molar-refractivity contribution < 1.29 is 0 Å². The number of halogens is 3. The van der Waals surface area contributed by atoms with E-state index in [0.29, 0.717) is 5.88 Å². The van der Waals surface area contributed by atoms with E-state index < -0.39 is 0 Å². The minimum absolute atomic E-state index is 0.142. The molecule has 0 aromatic rings. The Morgan fingerprint density at radius 3 is 2.50 bits per heavy atom. The quantitative estimate of drug-likeness (QED) is 0.362. The van der Waals surface area contributed by atoms with E-state index in [-0.39, 0.29) is 14.2 Å². The summed E-state index contributed by atoms with van der Waals surface area (Å²) in [4.78, 5) is 0. The fraction of sp³-hybridized carbons (Fsp3) is 1.00. The molecule has 0 saturated heterocycles. The standard InChI is InChI=1S/C4H9Cl3Si/c5-3-4(6)1-2-8-7/h4H,1-3,8H2. The Bertz CT molecular complexity index is 50.5. The van der Waals surface area contributed by atoms with Crippen molar-refractivity contribution in [3.63, 3.8) is 0 Å². The van der Waals surface area contributed by atoms with Crippen LogP contribution in [-0.4, -0.2) is 20.1 Å². The Morgan fingerprint density at radius 1 is 1.50 bits per heavy atom. The molecule has 0 aliphatic carbocycles. The van der Waals surface area contributed by atoms with Gasteiger partial charge in [-0.1, -0.05) is 0 Å². The van der Waals surface area contributed by atoms with Crippen molar-refractivity contribution in [2.75, 3.05) is 5.88 Å². The molecule has 4 heteroatoms. The first-order valence-corrected chi connectivity index (χ1v) is 6.68. The van der Waals surface area contributed by atoms with Crippen LogP contribution in [0.3, 0.4) is 0 Å². The molecule has 0 rings (SSSR count). The van der Waals surface area contributed by atoms with Crippen LogP contribution in [0.2, 0.25) is 6.04 Å². The molecule has 0 fully saturated rings. The van der Waals surface area contributed by atoms with Gasteiger partial charge in [-0.3, -0.25) is 0 Å². The molecular weight excluding hydrogens is 182 g/mol. The van der Waals surface area contributed by atoms with Crippen LogP contribution >= 0.6 is 34.3 Å². The molecule has 0 aromatic heterocycles. The normalized spacial score (nSPS) is 15.4. The molecule has 0 radical (unpaired) electrons. The fourth-order valence-corrected chi connectivity index (χ4v) is 2.05. The van der Waals surface area contributed by atoms with Crippen LogP contribution < -0.4 is 0 Å². The van der Waals surface area contributed by atoms with E-state index in [9.17, 15) is 0 Å². The van der Waals surface area contributed by atoms with Gasteiger partial charge in [-0.2, -0.15) is 11.1 Å². The van der Waals surface area contributed by atoms with E-state index in [2.05, 4.69) is 0 Å². The summed E-state index contributed by atoms with van der Waals surface area (Å²) in [5.41, 5.74) is 0. The van der Waals surface area contributed by atoms with E-state index >= 15 is 0 Å². The Hall–Kier alpha value is 1.09. The summed E-state index contributed by atoms with van der Waals surface area (Å²) in [6.07, 6.45) is 0.987. The Morgan fingerprint density at radius 2 is 2.12 bits per heavy atom. The second kappa shape index (κ2) is 6.21. The second-order valence-corrected chi connectivity index (χ2v) is 4.73. The summed E-state index contributed by atoms with van der Waals surface area (Å²) < 4.78 is 0. The highest BCUT2D eigenvalue weighted by atomic mass is 35.6. The molecule has 0 aliphatic rings. The monoisotopic (exact) mass is 190 g/mol. The third-order valence-corrected chi connectivity index (χ3v) is 3.20. The first-order valence-electron chi connectivity index (χ1n) is 2.57. The second-order valence-electron chi connectivity index (χ2n) is 1.58. The minimum atomic E-state index is -0.309. The molecule has 0 bridgehead atoms. The number of hydrogen-bond acceptors (Lipinski definition) is 0. The van der Waals surface area contributed by atoms with Gasteiger partial charge in [-0.15, -0.1) is 23.2 Å². The lowest BCUT2D eigenvalue weighted by Gasteiger charge is -1.99. The molecule has 0 aliphatic heterocycles. The fourth-order valence-electron chi connectivity index (χ4n) is 0.376. The van der Waals surface area contributed by atoms with E-state index in [1.54, 1.807) is 0 Å². The van der Waals surface area contributed by atoms with Crippen molar-refractivity contribution >= 4 is 43.1 Å². The predicted octanol–water partition coefficient (Wildman–Crippen LogP) is 1.96. The van der Waals surface area contributed by atoms with Crippen LogP contribution in [0.5, 0.6) is 0 Å². The van der Waals surface area contributed by atoms with Crippen molar-refractivity contribution in [3.05, 3.63) is 0 Å². The third-order valence-electron chi connectivity index (χ3n) is 0.818. The molecule has 0 aromatic carbocycles. The van der Waals surface area contributed by atoms with Crippen molar-refractivity contribution in [2.24, 2.45) is 0 Å². The Balaban J connectivity index is 2.86. The van der Waals surface area contributed by atoms with Gasteiger partial charge in [0.2, 0.25) is 0 Å². The van der Waals surface area contributed by atoms with Crippen molar-refractivity contribution in [1.29, 1.82) is 0 Å². The van der Waals surface area contributed by atoms with Crippen molar-refractivity contribution in [3.8, 4) is 0 Å². The van der Waals surface area contributed by atoms with E-state index in [1.165, 1.54) is 0 Å². The highest BCUT2D eigenvalue weighted by molar-refractivity contribution is 6.93. The van der Waals surface area contributed by atoms with Crippen LogP contribution in [0.1, 0.15) is 6.42 Å². The van der Waals surface area contributed by atoms with E-state index in [4.69, 9.17) is 34.3 Å². The number of rotatable bonds is 4. The SMILES string of the molecule is ClCC(Cl)CC[SiH2]Cl. The van der Waals surface area contributed by atoms with Crippen LogP contribution in [0.25, 0.3) is 0 Å². The molecule has 1 unspecified atom stereocenters. The molecule has 0 amide bonds. The van der Waals surface area contributed by atoms with Crippen molar-refractivity contribution in [1.82, 2.24) is 0 Å². The van der Waals surface area contributed by atoms with E-state index in [1.807, 2.05) is 0 Å². The molecule has 8 heavy (non-hydrogen) atoms. The maximum Gasteiger partial charge on any atom is 0.125 e. The average molecular weight is 192 g/mol. The highest BCUT2D eigenvalue weighted by Gasteiger charge is 1.99. The Kier molecular flexibility index (Phi) is 7.05. The average Bonchev–Trinajstić information content (AvgIpc) is 1.83. The molecule has 50 valence electrons. The van der Waals surface area contributed by atoms with Gasteiger partial charge in [0.25, 0.3) is 0 Å². The van der Waals surface area contributed by atoms with Crippen molar-refractivity contribution in [2.45, 2.75) is 17.8 Å². The van der Waals surface area contributed by atoms with Gasteiger partial charge in [0.05, 0.1) is 0 Å². The van der Waals surface area contributed by atoms with Crippen LogP contribution in [0, 0.1) is 0 Å². The van der Waals surface area contributed by atoms with Crippen LogP contribution in [0.4, 0.5) is 0 Å². The first kappa shape index (κ1) is 9.09. The highest BCUT2D eigenvalue weighted by Crippen LogP contribution is 2.07. The van der Waals surface area contributed by atoms with Gasteiger partial charge in [-0.05, 0) is 12.5 Å². The lowest BCUT2D eigenvalue weighted by Crippen LogP contribution is -1.99. The zero-order valence-corrected chi connectivity index (χ0v) is 8.22.